The van der Waals surface area contributed by atoms with Crippen LogP contribution >= 0.6 is 0 Å². The molecule has 0 saturated heterocycles. The highest BCUT2D eigenvalue weighted by atomic mass is 16.5. The van der Waals surface area contributed by atoms with E-state index in [1.54, 1.807) is 0 Å². The fourth-order valence-electron chi connectivity index (χ4n) is 1.62. The first-order valence-corrected chi connectivity index (χ1v) is 6.19. The Labute approximate surface area is 104 Å². The molecule has 2 N–H and O–H groups in total. The van der Waals surface area contributed by atoms with Gasteiger partial charge in [0.15, 0.2) is 0 Å². The van der Waals surface area contributed by atoms with Gasteiger partial charge < -0.3 is 15.2 Å². The van der Waals surface area contributed by atoms with Crippen LogP contribution in [0.5, 0.6) is 5.75 Å². The topological polar surface area (TPSA) is 44.5 Å². The van der Waals surface area contributed by atoms with E-state index < -0.39 is 0 Å². The molecule has 0 aliphatic carbocycles. The van der Waals surface area contributed by atoms with E-state index in [-0.39, 0.29) is 6.10 Å². The zero-order chi connectivity index (χ0) is 12.7. The van der Waals surface area contributed by atoms with Gasteiger partial charge in [-0.2, -0.15) is 0 Å². The van der Waals surface area contributed by atoms with Gasteiger partial charge in [-0.05, 0) is 44.0 Å². The zero-order valence-corrected chi connectivity index (χ0v) is 11.0. The summed E-state index contributed by atoms with van der Waals surface area (Å²) >= 11 is 0. The molecule has 0 aliphatic rings. The highest BCUT2D eigenvalue weighted by molar-refractivity contribution is 5.33. The standard InChI is InChI=1S/C14H23NO2/c1-4-16-14(10-15)7-8-17-13-6-5-11(2)12(3)9-13/h5-6,9,14H,4,7-8,10,15H2,1-3H3. The summed E-state index contributed by atoms with van der Waals surface area (Å²) in [6, 6.07) is 6.14. The van der Waals surface area contributed by atoms with Crippen LogP contribution in [0.15, 0.2) is 18.2 Å². The molecule has 0 aliphatic heterocycles. The van der Waals surface area contributed by atoms with Gasteiger partial charge in [-0.25, -0.2) is 0 Å². The van der Waals surface area contributed by atoms with Crippen molar-refractivity contribution in [3.8, 4) is 5.75 Å². The Kier molecular flexibility index (Phi) is 6.01. The third kappa shape index (κ3) is 4.75. The summed E-state index contributed by atoms with van der Waals surface area (Å²) in [5, 5.41) is 0. The Morgan fingerprint density at radius 3 is 2.59 bits per heavy atom. The van der Waals surface area contributed by atoms with Crippen molar-refractivity contribution in [2.75, 3.05) is 19.8 Å². The lowest BCUT2D eigenvalue weighted by Crippen LogP contribution is -2.25. The molecule has 1 aromatic rings. The average Bonchev–Trinajstić information content (AvgIpc) is 2.32. The molecule has 0 aromatic heterocycles. The molecule has 0 amide bonds. The van der Waals surface area contributed by atoms with Gasteiger partial charge in [0.05, 0.1) is 12.7 Å². The molecule has 3 nitrogen and oxygen atoms in total. The van der Waals surface area contributed by atoms with Crippen LogP contribution in [0.4, 0.5) is 0 Å². The Balaban J connectivity index is 2.37. The van der Waals surface area contributed by atoms with Gasteiger partial charge >= 0.3 is 0 Å². The van der Waals surface area contributed by atoms with Crippen LogP contribution in [0.25, 0.3) is 0 Å². The Morgan fingerprint density at radius 1 is 1.24 bits per heavy atom. The van der Waals surface area contributed by atoms with Crippen LogP contribution in [-0.4, -0.2) is 25.9 Å². The zero-order valence-electron chi connectivity index (χ0n) is 11.0. The van der Waals surface area contributed by atoms with Gasteiger partial charge in [-0.15, -0.1) is 0 Å². The van der Waals surface area contributed by atoms with Crippen molar-refractivity contribution in [1.29, 1.82) is 0 Å². The van der Waals surface area contributed by atoms with Crippen molar-refractivity contribution >= 4 is 0 Å². The fraction of sp³-hybridized carbons (Fsp3) is 0.571. The van der Waals surface area contributed by atoms with Crippen molar-refractivity contribution in [1.82, 2.24) is 0 Å². The number of hydrogen-bond acceptors (Lipinski definition) is 3. The molecule has 0 heterocycles. The predicted octanol–water partition coefficient (Wildman–Crippen LogP) is 2.44. The van der Waals surface area contributed by atoms with Crippen LogP contribution in [0.1, 0.15) is 24.5 Å². The van der Waals surface area contributed by atoms with E-state index in [0.29, 0.717) is 19.8 Å². The summed E-state index contributed by atoms with van der Waals surface area (Å²) in [6.07, 6.45) is 0.934. The maximum Gasteiger partial charge on any atom is 0.119 e. The highest BCUT2D eigenvalue weighted by Gasteiger charge is 2.06. The molecular formula is C14H23NO2. The van der Waals surface area contributed by atoms with Crippen LogP contribution in [0, 0.1) is 13.8 Å². The molecule has 3 heteroatoms. The number of benzene rings is 1. The monoisotopic (exact) mass is 237 g/mol. The molecule has 0 radical (unpaired) electrons. The highest BCUT2D eigenvalue weighted by Crippen LogP contribution is 2.16. The summed E-state index contributed by atoms with van der Waals surface area (Å²) < 4.78 is 11.2. The number of ether oxygens (including phenoxy) is 2. The van der Waals surface area contributed by atoms with Crippen molar-refractivity contribution in [2.45, 2.75) is 33.3 Å². The van der Waals surface area contributed by atoms with Gasteiger partial charge in [0, 0.05) is 19.6 Å². The Morgan fingerprint density at radius 2 is 2.00 bits per heavy atom. The minimum Gasteiger partial charge on any atom is -0.493 e. The van der Waals surface area contributed by atoms with Gasteiger partial charge in [0.25, 0.3) is 0 Å². The normalized spacial score (nSPS) is 12.5. The van der Waals surface area contributed by atoms with Crippen LogP contribution in [0.2, 0.25) is 0 Å². The summed E-state index contributed by atoms with van der Waals surface area (Å²) in [5.74, 6) is 0.917. The second-order valence-electron chi connectivity index (χ2n) is 4.20. The maximum absolute atomic E-state index is 5.68. The molecule has 1 unspecified atom stereocenters. The largest absolute Gasteiger partial charge is 0.493 e. The van der Waals surface area contributed by atoms with Crippen LogP contribution < -0.4 is 10.5 Å². The lowest BCUT2D eigenvalue weighted by molar-refractivity contribution is 0.0527. The third-order valence-electron chi connectivity index (χ3n) is 2.85. The molecular weight excluding hydrogens is 214 g/mol. The number of rotatable bonds is 7. The van der Waals surface area contributed by atoms with Crippen molar-refractivity contribution in [2.24, 2.45) is 5.73 Å². The Hall–Kier alpha value is -1.06. The van der Waals surface area contributed by atoms with E-state index in [1.807, 2.05) is 13.0 Å². The number of aryl methyl sites for hydroxylation is 2. The molecule has 0 bridgehead atoms. The molecule has 0 saturated carbocycles. The second-order valence-corrected chi connectivity index (χ2v) is 4.20. The van der Waals surface area contributed by atoms with E-state index >= 15 is 0 Å². The van der Waals surface area contributed by atoms with Gasteiger partial charge in [0.1, 0.15) is 5.75 Å². The van der Waals surface area contributed by atoms with Crippen LogP contribution in [0.3, 0.4) is 0 Å². The minimum absolute atomic E-state index is 0.103. The minimum atomic E-state index is 0.103. The fourth-order valence-corrected chi connectivity index (χ4v) is 1.62. The molecule has 17 heavy (non-hydrogen) atoms. The lowest BCUT2D eigenvalue weighted by atomic mass is 10.1. The quantitative estimate of drug-likeness (QED) is 0.792. The maximum atomic E-state index is 5.68. The van der Waals surface area contributed by atoms with Crippen molar-refractivity contribution in [3.63, 3.8) is 0 Å². The first-order valence-electron chi connectivity index (χ1n) is 6.19. The predicted molar refractivity (Wildman–Crippen MR) is 70.5 cm³/mol. The molecule has 0 spiro atoms. The second kappa shape index (κ2) is 7.30. The van der Waals surface area contributed by atoms with Gasteiger partial charge in [-0.1, -0.05) is 6.07 Å². The number of nitrogens with two attached hydrogens (primary N) is 1. The van der Waals surface area contributed by atoms with E-state index in [0.717, 1.165) is 12.2 Å². The molecule has 1 atom stereocenters. The van der Waals surface area contributed by atoms with E-state index in [2.05, 4.69) is 26.0 Å². The summed E-state index contributed by atoms with van der Waals surface area (Å²) in [6.45, 7) is 8.05. The average molecular weight is 237 g/mol. The first kappa shape index (κ1) is 14.0. The third-order valence-corrected chi connectivity index (χ3v) is 2.85. The van der Waals surface area contributed by atoms with Crippen LogP contribution in [-0.2, 0) is 4.74 Å². The summed E-state index contributed by atoms with van der Waals surface area (Å²) in [4.78, 5) is 0. The van der Waals surface area contributed by atoms with E-state index in [1.165, 1.54) is 11.1 Å². The Bertz CT molecular complexity index is 339. The summed E-state index contributed by atoms with van der Waals surface area (Å²) in [5.41, 5.74) is 8.14. The molecule has 0 fully saturated rings. The SMILES string of the molecule is CCOC(CN)CCOc1ccc(C)c(C)c1. The molecule has 1 rings (SSSR count). The summed E-state index contributed by atoms with van der Waals surface area (Å²) in [7, 11) is 0. The van der Waals surface area contributed by atoms with Crippen molar-refractivity contribution < 1.29 is 9.47 Å². The van der Waals surface area contributed by atoms with E-state index in [9.17, 15) is 0 Å². The number of hydrogen-bond donors (Lipinski definition) is 1. The molecule has 1 aromatic carbocycles. The van der Waals surface area contributed by atoms with Gasteiger partial charge in [0.2, 0.25) is 0 Å². The van der Waals surface area contributed by atoms with Crippen molar-refractivity contribution in [3.05, 3.63) is 29.3 Å². The van der Waals surface area contributed by atoms with Gasteiger partial charge in [-0.3, -0.25) is 0 Å². The first-order chi connectivity index (χ1) is 8.17. The van der Waals surface area contributed by atoms with E-state index in [4.69, 9.17) is 15.2 Å². The smallest absolute Gasteiger partial charge is 0.119 e. The molecule has 96 valence electrons. The lowest BCUT2D eigenvalue weighted by Gasteiger charge is -2.15.